The number of nitrogens with zero attached hydrogens (tertiary/aromatic N) is 2. The van der Waals surface area contributed by atoms with Gasteiger partial charge in [0.1, 0.15) is 17.7 Å². The molecule has 1 saturated heterocycles. The van der Waals surface area contributed by atoms with Gasteiger partial charge in [0.15, 0.2) is 0 Å². The highest BCUT2D eigenvalue weighted by atomic mass is 19.4. The average molecular weight is 537 g/mol. The van der Waals surface area contributed by atoms with E-state index < -0.39 is 58.1 Å². The fourth-order valence-electron chi connectivity index (χ4n) is 4.75. The van der Waals surface area contributed by atoms with Gasteiger partial charge in [0, 0.05) is 13.1 Å². The molecule has 2 aliphatic heterocycles. The fraction of sp³-hybridized carbons (Fsp3) is 0.385. The van der Waals surface area contributed by atoms with Crippen LogP contribution in [-0.2, 0) is 15.8 Å². The van der Waals surface area contributed by atoms with E-state index in [4.69, 9.17) is 0 Å². The van der Waals surface area contributed by atoms with Crippen LogP contribution < -0.4 is 10.7 Å². The number of alkyl halides is 3. The van der Waals surface area contributed by atoms with Crippen molar-refractivity contribution in [1.82, 2.24) is 15.6 Å². The Balaban J connectivity index is 1.49. The molecule has 0 bridgehead atoms. The molecule has 38 heavy (non-hydrogen) atoms. The highest BCUT2D eigenvalue weighted by Gasteiger charge is 2.50. The van der Waals surface area contributed by atoms with E-state index in [2.05, 4.69) is 15.8 Å². The molecular formula is C26H25F5N4O3. The summed E-state index contributed by atoms with van der Waals surface area (Å²) in [7, 11) is 0. The predicted octanol–water partition coefficient (Wildman–Crippen LogP) is 3.88. The van der Waals surface area contributed by atoms with Gasteiger partial charge in [0.05, 0.1) is 22.3 Å². The van der Waals surface area contributed by atoms with Gasteiger partial charge in [-0.15, -0.1) is 0 Å². The molecule has 2 N–H and O–H groups in total. The lowest BCUT2D eigenvalue weighted by atomic mass is 9.72. The van der Waals surface area contributed by atoms with Crippen molar-refractivity contribution in [3.8, 4) is 0 Å². The number of carbonyl (C=O) groups is 3. The highest BCUT2D eigenvalue weighted by molar-refractivity contribution is 6.20. The second-order valence-corrected chi connectivity index (χ2v) is 9.70. The van der Waals surface area contributed by atoms with Gasteiger partial charge < -0.3 is 10.2 Å². The first-order chi connectivity index (χ1) is 17.8. The molecule has 7 nitrogen and oxygen atoms in total. The molecule has 0 saturated carbocycles. The van der Waals surface area contributed by atoms with Crippen LogP contribution in [0.2, 0.25) is 0 Å². The van der Waals surface area contributed by atoms with Crippen molar-refractivity contribution in [2.75, 3.05) is 13.1 Å². The summed E-state index contributed by atoms with van der Waals surface area (Å²) in [5, 5.41) is 6.53. The minimum absolute atomic E-state index is 0.128. The molecule has 0 aliphatic carbocycles. The van der Waals surface area contributed by atoms with E-state index in [0.717, 1.165) is 0 Å². The van der Waals surface area contributed by atoms with Crippen LogP contribution in [0.25, 0.3) is 0 Å². The Kier molecular flexibility index (Phi) is 7.26. The third-order valence-corrected chi connectivity index (χ3v) is 6.96. The number of hydrogen-bond acceptors (Lipinski definition) is 4. The summed E-state index contributed by atoms with van der Waals surface area (Å²) in [6.07, 6.45) is -4.36. The Bertz CT molecular complexity index is 1280. The lowest BCUT2D eigenvalue weighted by Crippen LogP contribution is -2.56. The number of piperidine rings is 1. The zero-order valence-electron chi connectivity index (χ0n) is 20.5. The Hall–Kier alpha value is -3.83. The number of nitrogens with one attached hydrogen (secondary N) is 2. The van der Waals surface area contributed by atoms with Gasteiger partial charge in [-0.2, -0.15) is 18.3 Å². The van der Waals surface area contributed by atoms with Crippen LogP contribution in [-0.4, -0.2) is 47.5 Å². The van der Waals surface area contributed by atoms with Crippen LogP contribution >= 0.6 is 0 Å². The van der Waals surface area contributed by atoms with Gasteiger partial charge >= 0.3 is 6.18 Å². The van der Waals surface area contributed by atoms with Crippen molar-refractivity contribution in [2.24, 2.45) is 16.4 Å². The van der Waals surface area contributed by atoms with E-state index >= 15 is 0 Å². The van der Waals surface area contributed by atoms with E-state index in [0.29, 0.717) is 29.5 Å². The Morgan fingerprint density at radius 3 is 2.26 bits per heavy atom. The molecule has 3 amide bonds. The molecule has 202 valence electrons. The number of halogens is 5. The van der Waals surface area contributed by atoms with Gasteiger partial charge in [0.25, 0.3) is 11.8 Å². The number of hydrogen-bond donors (Lipinski definition) is 2. The molecule has 2 aromatic carbocycles. The number of amides is 3. The summed E-state index contributed by atoms with van der Waals surface area (Å²) in [4.78, 5) is 40.3. The van der Waals surface area contributed by atoms with E-state index in [1.807, 2.05) is 0 Å². The number of rotatable bonds is 5. The molecule has 2 heterocycles. The first-order valence-electron chi connectivity index (χ1n) is 11.9. The Morgan fingerprint density at radius 2 is 1.68 bits per heavy atom. The van der Waals surface area contributed by atoms with Crippen molar-refractivity contribution >= 4 is 23.4 Å². The predicted molar refractivity (Wildman–Crippen MR) is 127 cm³/mol. The smallest absolute Gasteiger partial charge is 0.341 e. The molecule has 0 aromatic heterocycles. The number of hydrazone groups is 1. The summed E-state index contributed by atoms with van der Waals surface area (Å²) in [5.41, 5.74) is 0.458. The van der Waals surface area contributed by atoms with Gasteiger partial charge in [0.2, 0.25) is 5.91 Å². The third kappa shape index (κ3) is 5.11. The minimum Gasteiger partial charge on any atom is -0.341 e. The fourth-order valence-corrected chi connectivity index (χ4v) is 4.75. The first kappa shape index (κ1) is 27.2. The monoisotopic (exact) mass is 536 g/mol. The van der Waals surface area contributed by atoms with Crippen LogP contribution in [0.1, 0.15) is 48.2 Å². The number of likely N-dealkylation sites (tertiary alicyclic amines) is 1. The quantitative estimate of drug-likeness (QED) is 0.569. The average Bonchev–Trinajstić information content (AvgIpc) is 3.17. The van der Waals surface area contributed by atoms with E-state index in [-0.39, 0.29) is 31.8 Å². The molecule has 2 aliphatic rings. The highest BCUT2D eigenvalue weighted by Crippen LogP contribution is 2.39. The number of carbonyl (C=O) groups excluding carboxylic acids is 3. The molecule has 1 spiro atoms. The van der Waals surface area contributed by atoms with E-state index in [1.165, 1.54) is 29.2 Å². The molecule has 1 atom stereocenters. The van der Waals surface area contributed by atoms with Crippen LogP contribution in [0.3, 0.4) is 0 Å². The van der Waals surface area contributed by atoms with Crippen LogP contribution in [0.5, 0.6) is 0 Å². The second kappa shape index (κ2) is 10.1. The summed E-state index contributed by atoms with van der Waals surface area (Å²) < 4.78 is 66.8. The Morgan fingerprint density at radius 1 is 1.05 bits per heavy atom. The van der Waals surface area contributed by atoms with Gasteiger partial charge in [-0.3, -0.25) is 14.4 Å². The summed E-state index contributed by atoms with van der Waals surface area (Å²) in [6.45, 7) is 3.54. The normalized spacial score (nSPS) is 17.8. The molecule has 2 aromatic rings. The molecule has 0 unspecified atom stereocenters. The SMILES string of the molecule is CC(C)[C@@H](NC(=O)c1cc(C(F)(F)F)ccc1F)C(=O)N1CCC2(CC1)C(=O)NN=C2c1ccc(F)cc1. The maximum absolute atomic E-state index is 14.2. The Labute approximate surface area is 215 Å². The lowest BCUT2D eigenvalue weighted by molar-refractivity contribution is -0.139. The third-order valence-electron chi connectivity index (χ3n) is 6.96. The van der Waals surface area contributed by atoms with Crippen LogP contribution in [0.4, 0.5) is 22.0 Å². The van der Waals surface area contributed by atoms with E-state index in [9.17, 15) is 36.3 Å². The van der Waals surface area contributed by atoms with Crippen LogP contribution in [0, 0.1) is 23.0 Å². The van der Waals surface area contributed by atoms with Crippen molar-refractivity contribution in [3.05, 3.63) is 70.8 Å². The molecule has 0 radical (unpaired) electrons. The maximum atomic E-state index is 14.2. The van der Waals surface area contributed by atoms with Crippen molar-refractivity contribution in [1.29, 1.82) is 0 Å². The maximum Gasteiger partial charge on any atom is 0.416 e. The number of benzene rings is 2. The van der Waals surface area contributed by atoms with Crippen molar-refractivity contribution in [2.45, 2.75) is 38.9 Å². The first-order valence-corrected chi connectivity index (χ1v) is 11.9. The second-order valence-electron chi connectivity index (χ2n) is 9.70. The largest absolute Gasteiger partial charge is 0.416 e. The molecule has 4 rings (SSSR count). The van der Waals surface area contributed by atoms with Gasteiger partial charge in [-0.1, -0.05) is 26.0 Å². The summed E-state index contributed by atoms with van der Waals surface area (Å²) in [6, 6.07) is 5.91. The minimum atomic E-state index is -4.78. The van der Waals surface area contributed by atoms with Crippen molar-refractivity contribution < 1.29 is 36.3 Å². The van der Waals surface area contributed by atoms with Gasteiger partial charge in [-0.25, -0.2) is 14.2 Å². The lowest BCUT2D eigenvalue weighted by Gasteiger charge is -2.39. The summed E-state index contributed by atoms with van der Waals surface area (Å²) in [5.74, 6) is -4.04. The zero-order chi connectivity index (χ0) is 27.8. The van der Waals surface area contributed by atoms with Crippen molar-refractivity contribution in [3.63, 3.8) is 0 Å². The molecule has 1 fully saturated rings. The topological polar surface area (TPSA) is 90.9 Å². The molecular weight excluding hydrogens is 511 g/mol. The molecule has 12 heteroatoms. The zero-order valence-corrected chi connectivity index (χ0v) is 20.5. The summed E-state index contributed by atoms with van der Waals surface area (Å²) >= 11 is 0. The van der Waals surface area contributed by atoms with Crippen LogP contribution in [0.15, 0.2) is 47.6 Å². The standard InChI is InChI=1S/C26H25F5N4O3/c1-14(2)20(32-22(36)18-13-16(26(29,30)31)5-8-19(18)28)23(37)35-11-9-25(10-12-35)21(33-34-24(25)38)15-3-6-17(27)7-4-15/h3-8,13-14,20H,9-12H2,1-2H3,(H,32,36)(H,34,38)/t20-/m1/s1. The van der Waals surface area contributed by atoms with E-state index in [1.54, 1.807) is 13.8 Å². The van der Waals surface area contributed by atoms with Gasteiger partial charge in [-0.05, 0) is 54.7 Å².